The first-order chi connectivity index (χ1) is 10.2. The molecule has 1 aromatic heterocycles. The number of benzene rings is 1. The van der Waals surface area contributed by atoms with Gasteiger partial charge in [-0.2, -0.15) is 0 Å². The molecule has 0 saturated heterocycles. The zero-order chi connectivity index (χ0) is 15.1. The second kappa shape index (κ2) is 7.90. The molecule has 0 aliphatic carbocycles. The SMILES string of the molecule is CCN(CC)CCCNCc1nc2ccccc2c(=O)[nH]1. The minimum absolute atomic E-state index is 0.0689. The van der Waals surface area contributed by atoms with Gasteiger partial charge in [-0.1, -0.05) is 26.0 Å². The van der Waals surface area contributed by atoms with Crippen LogP contribution >= 0.6 is 0 Å². The molecule has 1 heterocycles. The van der Waals surface area contributed by atoms with Crippen molar-refractivity contribution >= 4 is 10.9 Å². The van der Waals surface area contributed by atoms with E-state index in [1.165, 1.54) is 0 Å². The van der Waals surface area contributed by atoms with E-state index >= 15 is 0 Å². The molecule has 0 atom stereocenters. The maximum absolute atomic E-state index is 11.9. The highest BCUT2D eigenvalue weighted by atomic mass is 16.1. The number of H-pyrrole nitrogens is 1. The molecule has 0 aliphatic heterocycles. The van der Waals surface area contributed by atoms with Gasteiger partial charge in [0.1, 0.15) is 5.82 Å². The largest absolute Gasteiger partial charge is 0.310 e. The van der Waals surface area contributed by atoms with Crippen molar-refractivity contribution in [1.82, 2.24) is 20.2 Å². The number of aromatic amines is 1. The van der Waals surface area contributed by atoms with Gasteiger partial charge in [-0.05, 0) is 44.7 Å². The summed E-state index contributed by atoms with van der Waals surface area (Å²) in [4.78, 5) is 21.6. The average Bonchev–Trinajstić information content (AvgIpc) is 2.51. The second-order valence-corrected chi connectivity index (χ2v) is 5.09. The number of fused-ring (bicyclic) bond motifs is 1. The van der Waals surface area contributed by atoms with Crippen LogP contribution in [-0.2, 0) is 6.54 Å². The van der Waals surface area contributed by atoms with E-state index < -0.39 is 0 Å². The lowest BCUT2D eigenvalue weighted by Crippen LogP contribution is -2.27. The van der Waals surface area contributed by atoms with Crippen molar-refractivity contribution in [1.29, 1.82) is 0 Å². The quantitative estimate of drug-likeness (QED) is 0.726. The van der Waals surface area contributed by atoms with Gasteiger partial charge < -0.3 is 15.2 Å². The second-order valence-electron chi connectivity index (χ2n) is 5.09. The number of aromatic nitrogens is 2. The van der Waals surface area contributed by atoms with E-state index in [0.29, 0.717) is 17.8 Å². The molecule has 0 amide bonds. The van der Waals surface area contributed by atoms with Crippen LogP contribution in [0.4, 0.5) is 0 Å². The summed E-state index contributed by atoms with van der Waals surface area (Å²) >= 11 is 0. The highest BCUT2D eigenvalue weighted by Gasteiger charge is 2.03. The highest BCUT2D eigenvalue weighted by Crippen LogP contribution is 2.05. The Morgan fingerprint density at radius 3 is 2.76 bits per heavy atom. The third kappa shape index (κ3) is 4.37. The third-order valence-electron chi connectivity index (χ3n) is 3.68. The molecule has 2 aromatic rings. The summed E-state index contributed by atoms with van der Waals surface area (Å²) in [6.45, 7) is 9.17. The van der Waals surface area contributed by atoms with Crippen molar-refractivity contribution in [3.05, 3.63) is 40.4 Å². The van der Waals surface area contributed by atoms with Crippen LogP contribution in [0.3, 0.4) is 0 Å². The average molecular weight is 288 g/mol. The monoisotopic (exact) mass is 288 g/mol. The van der Waals surface area contributed by atoms with E-state index in [-0.39, 0.29) is 5.56 Å². The molecule has 2 N–H and O–H groups in total. The summed E-state index contributed by atoms with van der Waals surface area (Å²) in [5, 5.41) is 3.98. The molecule has 21 heavy (non-hydrogen) atoms. The first-order valence-corrected chi connectivity index (χ1v) is 7.65. The van der Waals surface area contributed by atoms with E-state index in [1.54, 1.807) is 6.07 Å². The summed E-state index contributed by atoms with van der Waals surface area (Å²) in [5.41, 5.74) is 0.682. The fraction of sp³-hybridized carbons (Fsp3) is 0.500. The van der Waals surface area contributed by atoms with Crippen molar-refractivity contribution in [2.24, 2.45) is 0 Å². The Bertz CT molecular complexity index is 619. The van der Waals surface area contributed by atoms with Gasteiger partial charge in [0.2, 0.25) is 0 Å². The molecule has 5 heteroatoms. The van der Waals surface area contributed by atoms with Gasteiger partial charge in [-0.3, -0.25) is 4.79 Å². The van der Waals surface area contributed by atoms with Crippen LogP contribution in [0.1, 0.15) is 26.1 Å². The minimum Gasteiger partial charge on any atom is -0.310 e. The molecular weight excluding hydrogens is 264 g/mol. The predicted molar refractivity (Wildman–Crippen MR) is 86.5 cm³/mol. The number of hydrogen-bond donors (Lipinski definition) is 2. The molecule has 0 spiro atoms. The predicted octanol–water partition coefficient (Wildman–Crippen LogP) is 1.74. The van der Waals surface area contributed by atoms with Gasteiger partial charge in [-0.25, -0.2) is 4.98 Å². The lowest BCUT2D eigenvalue weighted by Gasteiger charge is -2.17. The smallest absolute Gasteiger partial charge is 0.258 e. The molecule has 0 unspecified atom stereocenters. The van der Waals surface area contributed by atoms with Gasteiger partial charge in [-0.15, -0.1) is 0 Å². The molecule has 0 fully saturated rings. The molecule has 0 aliphatic rings. The van der Waals surface area contributed by atoms with Gasteiger partial charge in [0.15, 0.2) is 0 Å². The zero-order valence-electron chi connectivity index (χ0n) is 12.9. The fourth-order valence-corrected chi connectivity index (χ4v) is 2.39. The normalized spacial score (nSPS) is 11.4. The van der Waals surface area contributed by atoms with Crippen molar-refractivity contribution in [2.45, 2.75) is 26.8 Å². The Morgan fingerprint density at radius 1 is 1.24 bits per heavy atom. The van der Waals surface area contributed by atoms with Crippen LogP contribution in [0.5, 0.6) is 0 Å². The molecule has 0 bridgehead atoms. The molecule has 0 radical (unpaired) electrons. The van der Waals surface area contributed by atoms with Gasteiger partial charge in [0.25, 0.3) is 5.56 Å². The number of nitrogens with zero attached hydrogens (tertiary/aromatic N) is 2. The lowest BCUT2D eigenvalue weighted by atomic mass is 10.2. The van der Waals surface area contributed by atoms with Crippen LogP contribution in [0.15, 0.2) is 29.1 Å². The zero-order valence-corrected chi connectivity index (χ0v) is 12.9. The van der Waals surface area contributed by atoms with Crippen LogP contribution in [0, 0.1) is 0 Å². The Kier molecular flexibility index (Phi) is 5.90. The fourth-order valence-electron chi connectivity index (χ4n) is 2.39. The van der Waals surface area contributed by atoms with Crippen LogP contribution in [-0.4, -0.2) is 41.0 Å². The van der Waals surface area contributed by atoms with Crippen LogP contribution < -0.4 is 10.9 Å². The lowest BCUT2D eigenvalue weighted by molar-refractivity contribution is 0.298. The summed E-state index contributed by atoms with van der Waals surface area (Å²) in [5.74, 6) is 0.696. The Hall–Kier alpha value is -1.72. The maximum atomic E-state index is 11.9. The summed E-state index contributed by atoms with van der Waals surface area (Å²) in [6.07, 6.45) is 1.10. The van der Waals surface area contributed by atoms with E-state index in [0.717, 1.165) is 38.1 Å². The number of rotatable bonds is 8. The maximum Gasteiger partial charge on any atom is 0.258 e. The Labute approximate surface area is 125 Å². The van der Waals surface area contributed by atoms with Gasteiger partial charge in [0, 0.05) is 0 Å². The van der Waals surface area contributed by atoms with Crippen molar-refractivity contribution in [2.75, 3.05) is 26.2 Å². The van der Waals surface area contributed by atoms with E-state index in [4.69, 9.17) is 0 Å². The van der Waals surface area contributed by atoms with E-state index in [1.807, 2.05) is 18.2 Å². The molecular formula is C16H24N4O. The van der Waals surface area contributed by atoms with Crippen LogP contribution in [0.2, 0.25) is 0 Å². The number of hydrogen-bond acceptors (Lipinski definition) is 4. The van der Waals surface area contributed by atoms with E-state index in [9.17, 15) is 4.79 Å². The van der Waals surface area contributed by atoms with Crippen molar-refractivity contribution in [3.8, 4) is 0 Å². The third-order valence-corrected chi connectivity index (χ3v) is 3.68. The number of nitrogens with one attached hydrogen (secondary N) is 2. The first kappa shape index (κ1) is 15.7. The standard InChI is InChI=1S/C16H24N4O/c1-3-20(4-2)11-7-10-17-12-15-18-14-9-6-5-8-13(14)16(21)19-15/h5-6,8-9,17H,3-4,7,10-12H2,1-2H3,(H,18,19,21). The molecule has 114 valence electrons. The molecule has 2 rings (SSSR count). The van der Waals surface area contributed by atoms with Gasteiger partial charge in [0.05, 0.1) is 17.4 Å². The molecule has 5 nitrogen and oxygen atoms in total. The van der Waals surface area contributed by atoms with Gasteiger partial charge >= 0.3 is 0 Å². The summed E-state index contributed by atoms with van der Waals surface area (Å²) in [7, 11) is 0. The Balaban J connectivity index is 1.85. The van der Waals surface area contributed by atoms with Crippen molar-refractivity contribution in [3.63, 3.8) is 0 Å². The highest BCUT2D eigenvalue weighted by molar-refractivity contribution is 5.77. The van der Waals surface area contributed by atoms with E-state index in [2.05, 4.69) is 34.0 Å². The molecule has 0 saturated carbocycles. The number of para-hydroxylation sites is 1. The minimum atomic E-state index is -0.0689. The summed E-state index contributed by atoms with van der Waals surface area (Å²) in [6, 6.07) is 7.41. The Morgan fingerprint density at radius 2 is 2.00 bits per heavy atom. The molecule has 1 aromatic carbocycles. The summed E-state index contributed by atoms with van der Waals surface area (Å²) < 4.78 is 0. The van der Waals surface area contributed by atoms with Crippen LogP contribution in [0.25, 0.3) is 10.9 Å². The first-order valence-electron chi connectivity index (χ1n) is 7.65. The topological polar surface area (TPSA) is 61.0 Å². The van der Waals surface area contributed by atoms with Crippen molar-refractivity contribution < 1.29 is 0 Å².